The minimum absolute atomic E-state index is 0.0269. The van der Waals surface area contributed by atoms with E-state index in [2.05, 4.69) is 36.4 Å². The van der Waals surface area contributed by atoms with E-state index in [1.54, 1.807) is 30.3 Å². The zero-order valence-corrected chi connectivity index (χ0v) is 25.8. The molecule has 2 heterocycles. The highest BCUT2D eigenvalue weighted by Gasteiger charge is 2.24. The first-order valence-electron chi connectivity index (χ1n) is 13.5. The normalized spacial score (nSPS) is 14.5. The summed E-state index contributed by atoms with van der Waals surface area (Å²) in [6.07, 6.45) is 1.72. The number of aliphatic hydroxyl groups excluding tert-OH is 1. The lowest BCUT2D eigenvalue weighted by Gasteiger charge is -2.30. The van der Waals surface area contributed by atoms with Crippen LogP contribution in [0.1, 0.15) is 52.6 Å². The highest BCUT2D eigenvalue weighted by Crippen LogP contribution is 2.38. The molecule has 1 aliphatic heterocycles. The number of hydrogen-bond donors (Lipinski definition) is 3. The van der Waals surface area contributed by atoms with Gasteiger partial charge in [-0.15, -0.1) is 0 Å². The number of ether oxygens (including phenoxy) is 2. The number of amides is 2. The highest BCUT2D eigenvalue weighted by molar-refractivity contribution is 8.01. The number of carbonyl (C=O) groups is 2. The van der Waals surface area contributed by atoms with Crippen molar-refractivity contribution in [3.05, 3.63) is 64.8 Å². The van der Waals surface area contributed by atoms with E-state index < -0.39 is 0 Å². The highest BCUT2D eigenvalue weighted by atomic mass is 32.2. The van der Waals surface area contributed by atoms with Crippen LogP contribution in [0.25, 0.3) is 0 Å². The maximum absolute atomic E-state index is 13.2. The van der Waals surface area contributed by atoms with E-state index in [0.29, 0.717) is 54.9 Å². The van der Waals surface area contributed by atoms with Gasteiger partial charge in [0, 0.05) is 36.1 Å². The number of carbonyl (C=O) groups excluding carboxylic acids is 2. The quantitative estimate of drug-likeness (QED) is 0.304. The molecule has 1 saturated heterocycles. The first-order valence-corrected chi connectivity index (χ1v) is 15.2. The molecular formula is C30H38N4O5S2. The van der Waals surface area contributed by atoms with Gasteiger partial charge in [0.15, 0.2) is 5.13 Å². The summed E-state index contributed by atoms with van der Waals surface area (Å²) in [6.45, 7) is 11.0. The van der Waals surface area contributed by atoms with Gasteiger partial charge in [-0.2, -0.15) is 0 Å². The van der Waals surface area contributed by atoms with Crippen LogP contribution in [0.3, 0.4) is 0 Å². The van der Waals surface area contributed by atoms with Crippen LogP contribution in [-0.2, 0) is 11.3 Å². The van der Waals surface area contributed by atoms with Crippen LogP contribution < -0.4 is 15.4 Å². The molecule has 2 amide bonds. The maximum atomic E-state index is 13.2. The second kappa shape index (κ2) is 13.8. The topological polar surface area (TPSA) is 113 Å². The molecule has 9 nitrogen and oxygen atoms in total. The van der Waals surface area contributed by atoms with Crippen molar-refractivity contribution in [1.29, 1.82) is 0 Å². The largest absolute Gasteiger partial charge is 0.496 e. The van der Waals surface area contributed by atoms with E-state index in [1.807, 2.05) is 31.2 Å². The van der Waals surface area contributed by atoms with Gasteiger partial charge in [0.25, 0.3) is 11.8 Å². The number of rotatable bonds is 10. The summed E-state index contributed by atoms with van der Waals surface area (Å²) in [5.74, 6) is 0.232. The lowest BCUT2D eigenvalue weighted by molar-refractivity contribution is 0.0300. The molecule has 0 bridgehead atoms. The van der Waals surface area contributed by atoms with E-state index in [9.17, 15) is 14.7 Å². The Kier molecular flexibility index (Phi) is 10.4. The SMILES string of the molecule is COc1cc(C)c(Sc2cnc(NC(=O)c3ccc(CN[C@H](CO)C(C)(C)C)cc3)s2)cc1C(=O)N1CCOCC1. The number of morpholine rings is 1. The summed E-state index contributed by atoms with van der Waals surface area (Å²) in [5, 5.41) is 16.4. The molecule has 220 valence electrons. The van der Waals surface area contributed by atoms with Crippen molar-refractivity contribution in [2.24, 2.45) is 5.41 Å². The van der Waals surface area contributed by atoms with Crippen LogP contribution >= 0.6 is 23.1 Å². The molecule has 1 aromatic heterocycles. The van der Waals surface area contributed by atoms with Crippen LogP contribution in [0.4, 0.5) is 5.13 Å². The Morgan fingerprint density at radius 3 is 2.54 bits per heavy atom. The van der Waals surface area contributed by atoms with Gasteiger partial charge in [0.2, 0.25) is 0 Å². The van der Waals surface area contributed by atoms with E-state index in [0.717, 1.165) is 20.2 Å². The van der Waals surface area contributed by atoms with E-state index in [1.165, 1.54) is 23.1 Å². The summed E-state index contributed by atoms with van der Waals surface area (Å²) in [7, 11) is 1.57. The van der Waals surface area contributed by atoms with Gasteiger partial charge in [-0.1, -0.05) is 56.0 Å². The molecule has 1 aliphatic rings. The van der Waals surface area contributed by atoms with Crippen molar-refractivity contribution in [1.82, 2.24) is 15.2 Å². The smallest absolute Gasteiger partial charge is 0.257 e. The third kappa shape index (κ3) is 8.08. The van der Waals surface area contributed by atoms with Gasteiger partial charge >= 0.3 is 0 Å². The second-order valence-corrected chi connectivity index (χ2v) is 13.3. The number of benzene rings is 2. The third-order valence-electron chi connectivity index (χ3n) is 6.94. The van der Waals surface area contributed by atoms with E-state index >= 15 is 0 Å². The molecule has 3 aromatic rings. The summed E-state index contributed by atoms with van der Waals surface area (Å²) >= 11 is 2.87. The Morgan fingerprint density at radius 1 is 1.20 bits per heavy atom. The third-order valence-corrected chi connectivity index (χ3v) is 9.11. The Balaban J connectivity index is 1.39. The standard InChI is InChI=1S/C30H38N4O5S2/c1-19-14-23(38-5)22(28(37)34-10-12-39-13-11-34)15-24(19)40-26-17-32-29(41-26)33-27(36)21-8-6-20(7-9-21)16-31-25(18-35)30(2,3)4/h6-9,14-15,17,25,31,35H,10-13,16,18H2,1-5H3,(H,32,33,36)/t25-/m1/s1. The van der Waals surface area contributed by atoms with Crippen LogP contribution in [0, 0.1) is 12.3 Å². The Hall–Kier alpha value is -2.96. The lowest BCUT2D eigenvalue weighted by Crippen LogP contribution is -2.42. The maximum Gasteiger partial charge on any atom is 0.257 e. The van der Waals surface area contributed by atoms with Crippen molar-refractivity contribution in [2.75, 3.05) is 45.3 Å². The van der Waals surface area contributed by atoms with Crippen molar-refractivity contribution < 1.29 is 24.2 Å². The number of hydrogen-bond acceptors (Lipinski definition) is 9. The predicted molar refractivity (Wildman–Crippen MR) is 162 cm³/mol. The molecule has 1 fully saturated rings. The van der Waals surface area contributed by atoms with Gasteiger partial charge in [0.05, 0.1) is 42.9 Å². The number of nitrogens with zero attached hydrogens (tertiary/aromatic N) is 2. The Labute approximate surface area is 249 Å². The van der Waals surface area contributed by atoms with Crippen LogP contribution in [0.5, 0.6) is 5.75 Å². The summed E-state index contributed by atoms with van der Waals surface area (Å²) in [4.78, 5) is 33.2. The zero-order chi connectivity index (χ0) is 29.6. The first kappa shape index (κ1) is 31.0. The molecular weight excluding hydrogens is 560 g/mol. The first-order chi connectivity index (χ1) is 19.6. The Bertz CT molecular complexity index is 1350. The fourth-order valence-corrected chi connectivity index (χ4v) is 6.28. The predicted octanol–water partition coefficient (Wildman–Crippen LogP) is 4.83. The van der Waals surface area contributed by atoms with Crippen LogP contribution in [0.2, 0.25) is 0 Å². The molecule has 1 atom stereocenters. The second-order valence-electron chi connectivity index (χ2n) is 10.9. The van der Waals surface area contributed by atoms with Gasteiger partial charge in [-0.3, -0.25) is 14.9 Å². The van der Waals surface area contributed by atoms with Gasteiger partial charge in [0.1, 0.15) is 5.75 Å². The van der Waals surface area contributed by atoms with Crippen molar-refractivity contribution in [3.63, 3.8) is 0 Å². The molecule has 0 aliphatic carbocycles. The molecule has 0 saturated carbocycles. The van der Waals surface area contributed by atoms with Crippen molar-refractivity contribution in [2.45, 2.75) is 49.4 Å². The van der Waals surface area contributed by atoms with Gasteiger partial charge in [-0.25, -0.2) is 4.98 Å². The average molecular weight is 599 g/mol. The minimum atomic E-state index is -0.239. The molecule has 11 heteroatoms. The van der Waals surface area contributed by atoms with Crippen LogP contribution in [-0.4, -0.2) is 72.9 Å². The number of anilines is 1. The molecule has 0 radical (unpaired) electrons. The van der Waals surface area contributed by atoms with E-state index in [-0.39, 0.29) is 29.9 Å². The van der Waals surface area contributed by atoms with Crippen molar-refractivity contribution in [3.8, 4) is 5.75 Å². The fraction of sp³-hybridized carbons (Fsp3) is 0.433. The number of aromatic nitrogens is 1. The average Bonchev–Trinajstić information content (AvgIpc) is 3.40. The monoisotopic (exact) mass is 598 g/mol. The molecule has 41 heavy (non-hydrogen) atoms. The lowest BCUT2D eigenvalue weighted by atomic mass is 9.87. The van der Waals surface area contributed by atoms with Gasteiger partial charge < -0.3 is 24.8 Å². The van der Waals surface area contributed by atoms with E-state index in [4.69, 9.17) is 9.47 Å². The van der Waals surface area contributed by atoms with Gasteiger partial charge in [-0.05, 0) is 47.7 Å². The number of aliphatic hydroxyl groups is 1. The molecule has 2 aromatic carbocycles. The summed E-state index contributed by atoms with van der Waals surface area (Å²) in [6, 6.07) is 11.1. The molecule has 4 rings (SSSR count). The number of thiazole rings is 1. The van der Waals surface area contributed by atoms with Crippen molar-refractivity contribution >= 4 is 40.0 Å². The minimum Gasteiger partial charge on any atom is -0.496 e. The molecule has 0 spiro atoms. The molecule has 3 N–H and O–H groups in total. The number of methoxy groups -OCH3 is 1. The van der Waals surface area contributed by atoms with Crippen LogP contribution in [0.15, 0.2) is 51.7 Å². The number of nitrogens with one attached hydrogen (secondary N) is 2. The summed E-state index contributed by atoms with van der Waals surface area (Å²) < 4.78 is 11.8. The summed E-state index contributed by atoms with van der Waals surface area (Å²) in [5.41, 5.74) is 2.99. The number of aryl methyl sites for hydroxylation is 1. The fourth-order valence-electron chi connectivity index (χ4n) is 4.35. The Morgan fingerprint density at radius 2 is 1.90 bits per heavy atom. The zero-order valence-electron chi connectivity index (χ0n) is 24.2. The molecule has 0 unspecified atom stereocenters.